The standard InChI is InChI=1S/C17H11ClFN3O2/c18-13-10-11(22-16(23)12-4-1-2-5-14(12)19)6-7-15(13)24-17-20-8-3-9-21-17/h1-10H,(H,22,23). The van der Waals surface area contributed by atoms with Gasteiger partial charge in [0.05, 0.1) is 10.6 Å². The van der Waals surface area contributed by atoms with Gasteiger partial charge in [0.1, 0.15) is 11.6 Å². The Morgan fingerprint density at radius 3 is 2.54 bits per heavy atom. The predicted molar refractivity (Wildman–Crippen MR) is 87.9 cm³/mol. The van der Waals surface area contributed by atoms with Crippen LogP contribution in [0.2, 0.25) is 5.02 Å². The maximum atomic E-state index is 13.6. The second-order valence-corrected chi connectivity index (χ2v) is 5.12. The number of hydrogen-bond acceptors (Lipinski definition) is 4. The molecule has 24 heavy (non-hydrogen) atoms. The molecule has 0 unspecified atom stereocenters. The van der Waals surface area contributed by atoms with E-state index in [1.807, 2.05) is 0 Å². The number of benzene rings is 2. The van der Waals surface area contributed by atoms with E-state index in [0.717, 1.165) is 0 Å². The lowest BCUT2D eigenvalue weighted by Crippen LogP contribution is -2.13. The largest absolute Gasteiger partial charge is 0.423 e. The van der Waals surface area contributed by atoms with Gasteiger partial charge in [0.25, 0.3) is 5.91 Å². The molecule has 0 atom stereocenters. The van der Waals surface area contributed by atoms with E-state index in [0.29, 0.717) is 11.4 Å². The first-order chi connectivity index (χ1) is 11.6. The van der Waals surface area contributed by atoms with Crippen molar-refractivity contribution in [2.45, 2.75) is 0 Å². The molecule has 7 heteroatoms. The third kappa shape index (κ3) is 3.67. The highest BCUT2D eigenvalue weighted by Gasteiger charge is 2.12. The van der Waals surface area contributed by atoms with Crippen molar-refractivity contribution >= 4 is 23.2 Å². The van der Waals surface area contributed by atoms with Crippen LogP contribution in [-0.4, -0.2) is 15.9 Å². The summed E-state index contributed by atoms with van der Waals surface area (Å²) in [7, 11) is 0. The summed E-state index contributed by atoms with van der Waals surface area (Å²) in [5.74, 6) is -0.821. The van der Waals surface area contributed by atoms with Gasteiger partial charge in [-0.05, 0) is 36.4 Å². The highest BCUT2D eigenvalue weighted by Crippen LogP contribution is 2.30. The van der Waals surface area contributed by atoms with Gasteiger partial charge in [-0.25, -0.2) is 14.4 Å². The van der Waals surface area contributed by atoms with E-state index in [2.05, 4.69) is 15.3 Å². The number of nitrogens with one attached hydrogen (secondary N) is 1. The minimum Gasteiger partial charge on any atom is -0.423 e. The highest BCUT2D eigenvalue weighted by atomic mass is 35.5. The maximum Gasteiger partial charge on any atom is 0.321 e. The Morgan fingerprint density at radius 2 is 1.83 bits per heavy atom. The van der Waals surface area contributed by atoms with E-state index in [4.69, 9.17) is 16.3 Å². The lowest BCUT2D eigenvalue weighted by Gasteiger charge is -2.09. The van der Waals surface area contributed by atoms with Crippen molar-refractivity contribution in [3.8, 4) is 11.8 Å². The van der Waals surface area contributed by atoms with Gasteiger partial charge in [0, 0.05) is 18.1 Å². The highest BCUT2D eigenvalue weighted by molar-refractivity contribution is 6.32. The van der Waals surface area contributed by atoms with Crippen molar-refractivity contribution in [2.24, 2.45) is 0 Å². The number of ether oxygens (including phenoxy) is 1. The Bertz CT molecular complexity index is 875. The van der Waals surface area contributed by atoms with Crippen molar-refractivity contribution in [3.63, 3.8) is 0 Å². The molecule has 5 nitrogen and oxygen atoms in total. The number of anilines is 1. The fourth-order valence-electron chi connectivity index (χ4n) is 1.94. The van der Waals surface area contributed by atoms with Crippen molar-refractivity contribution in [1.29, 1.82) is 0 Å². The minimum atomic E-state index is -0.595. The molecule has 1 N–H and O–H groups in total. The fraction of sp³-hybridized carbons (Fsp3) is 0. The molecule has 2 aromatic carbocycles. The number of carbonyl (C=O) groups excluding carboxylic acids is 1. The smallest absolute Gasteiger partial charge is 0.321 e. The summed E-state index contributed by atoms with van der Waals surface area (Å²) in [4.78, 5) is 19.9. The number of aromatic nitrogens is 2. The summed E-state index contributed by atoms with van der Waals surface area (Å²) in [6.07, 6.45) is 3.08. The molecule has 0 bridgehead atoms. The number of amides is 1. The molecule has 0 fully saturated rings. The van der Waals surface area contributed by atoms with Crippen molar-refractivity contribution < 1.29 is 13.9 Å². The lowest BCUT2D eigenvalue weighted by molar-refractivity contribution is 0.102. The molecule has 0 radical (unpaired) electrons. The third-order valence-electron chi connectivity index (χ3n) is 3.05. The van der Waals surface area contributed by atoms with Gasteiger partial charge in [-0.3, -0.25) is 4.79 Å². The average molecular weight is 344 g/mol. The molecule has 120 valence electrons. The molecule has 3 aromatic rings. The van der Waals surface area contributed by atoms with Gasteiger partial charge < -0.3 is 10.1 Å². The Hall–Kier alpha value is -2.99. The molecule has 1 aromatic heterocycles. The molecule has 0 aliphatic rings. The molecule has 3 rings (SSSR count). The number of nitrogens with zero attached hydrogens (tertiary/aromatic N) is 2. The summed E-state index contributed by atoms with van der Waals surface area (Å²) in [6, 6.07) is 12.2. The van der Waals surface area contributed by atoms with Crippen LogP contribution in [0, 0.1) is 5.82 Å². The average Bonchev–Trinajstić information content (AvgIpc) is 2.58. The third-order valence-corrected chi connectivity index (χ3v) is 3.35. The van der Waals surface area contributed by atoms with E-state index >= 15 is 0 Å². The molecular weight excluding hydrogens is 333 g/mol. The topological polar surface area (TPSA) is 64.1 Å². The van der Waals surface area contributed by atoms with Crippen LogP contribution in [-0.2, 0) is 0 Å². The van der Waals surface area contributed by atoms with E-state index in [1.54, 1.807) is 36.7 Å². The first-order valence-corrected chi connectivity index (χ1v) is 7.31. The van der Waals surface area contributed by atoms with Gasteiger partial charge >= 0.3 is 6.01 Å². The summed E-state index contributed by atoms with van der Waals surface area (Å²) in [6.45, 7) is 0. The quantitative estimate of drug-likeness (QED) is 0.766. The Kier molecular flexibility index (Phi) is 4.67. The van der Waals surface area contributed by atoms with Crippen LogP contribution in [0.4, 0.5) is 10.1 Å². The number of carbonyl (C=O) groups is 1. The maximum absolute atomic E-state index is 13.6. The van der Waals surface area contributed by atoms with Crippen LogP contribution >= 0.6 is 11.6 Å². The van der Waals surface area contributed by atoms with Crippen LogP contribution in [0.15, 0.2) is 60.9 Å². The van der Waals surface area contributed by atoms with Crippen LogP contribution < -0.4 is 10.1 Å². The number of halogens is 2. The zero-order chi connectivity index (χ0) is 16.9. The van der Waals surface area contributed by atoms with Gasteiger partial charge in [0.2, 0.25) is 0 Å². The number of rotatable bonds is 4. The first kappa shape index (κ1) is 15.9. The van der Waals surface area contributed by atoms with Gasteiger partial charge in [-0.2, -0.15) is 0 Å². The summed E-state index contributed by atoms with van der Waals surface area (Å²) >= 11 is 6.13. The molecule has 0 spiro atoms. The molecule has 0 aliphatic heterocycles. The number of hydrogen-bond donors (Lipinski definition) is 1. The van der Waals surface area contributed by atoms with Crippen molar-refractivity contribution in [2.75, 3.05) is 5.32 Å². The SMILES string of the molecule is O=C(Nc1ccc(Oc2ncccn2)c(Cl)c1)c1ccccc1F. The predicted octanol–water partition coefficient (Wildman–Crippen LogP) is 4.31. The summed E-state index contributed by atoms with van der Waals surface area (Å²) < 4.78 is 19.1. The van der Waals surface area contributed by atoms with E-state index in [1.165, 1.54) is 24.3 Å². The first-order valence-electron chi connectivity index (χ1n) is 6.94. The molecule has 0 saturated heterocycles. The second kappa shape index (κ2) is 7.06. The summed E-state index contributed by atoms with van der Waals surface area (Å²) in [5, 5.41) is 2.84. The molecule has 0 saturated carbocycles. The van der Waals surface area contributed by atoms with Gasteiger partial charge in [-0.1, -0.05) is 23.7 Å². The van der Waals surface area contributed by atoms with Crippen LogP contribution in [0.5, 0.6) is 11.8 Å². The van der Waals surface area contributed by atoms with Crippen molar-refractivity contribution in [3.05, 3.63) is 77.3 Å². The van der Waals surface area contributed by atoms with Crippen molar-refractivity contribution in [1.82, 2.24) is 9.97 Å². The van der Waals surface area contributed by atoms with Crippen LogP contribution in [0.1, 0.15) is 10.4 Å². The Morgan fingerprint density at radius 1 is 1.08 bits per heavy atom. The van der Waals surface area contributed by atoms with E-state index < -0.39 is 11.7 Å². The van der Waals surface area contributed by atoms with Crippen LogP contribution in [0.25, 0.3) is 0 Å². The second-order valence-electron chi connectivity index (χ2n) is 4.71. The zero-order valence-corrected chi connectivity index (χ0v) is 13.0. The fourth-order valence-corrected chi connectivity index (χ4v) is 2.16. The van der Waals surface area contributed by atoms with Crippen LogP contribution in [0.3, 0.4) is 0 Å². The molecule has 1 amide bonds. The molecule has 1 heterocycles. The Labute approximate surface area is 142 Å². The monoisotopic (exact) mass is 343 g/mol. The normalized spacial score (nSPS) is 10.2. The minimum absolute atomic E-state index is 0.0494. The molecular formula is C17H11ClFN3O2. The molecule has 0 aliphatic carbocycles. The van der Waals surface area contributed by atoms with Gasteiger partial charge in [0.15, 0.2) is 0 Å². The lowest BCUT2D eigenvalue weighted by atomic mass is 10.2. The van der Waals surface area contributed by atoms with E-state index in [9.17, 15) is 9.18 Å². The Balaban J connectivity index is 1.75. The van der Waals surface area contributed by atoms with E-state index in [-0.39, 0.29) is 16.6 Å². The summed E-state index contributed by atoms with van der Waals surface area (Å²) in [5.41, 5.74) is 0.362. The zero-order valence-electron chi connectivity index (χ0n) is 12.2. The van der Waals surface area contributed by atoms with Gasteiger partial charge in [-0.15, -0.1) is 0 Å².